The third-order valence-electron chi connectivity index (χ3n) is 9.79. The van der Waals surface area contributed by atoms with Gasteiger partial charge in [0.05, 0.1) is 27.7 Å². The summed E-state index contributed by atoms with van der Waals surface area (Å²) in [5, 5.41) is 21.1. The summed E-state index contributed by atoms with van der Waals surface area (Å²) in [5.41, 5.74) is 1.48. The predicted octanol–water partition coefficient (Wildman–Crippen LogP) is 8.72. The van der Waals surface area contributed by atoms with Gasteiger partial charge in [0.1, 0.15) is 36.2 Å². The van der Waals surface area contributed by atoms with Gasteiger partial charge in [-0.3, -0.25) is 24.2 Å². The number of aromatic hydroxyl groups is 2. The first-order chi connectivity index (χ1) is 30.4. The topological polar surface area (TPSA) is 185 Å². The molecule has 2 aromatic heterocycles. The Kier molecular flexibility index (Phi) is 14.9. The van der Waals surface area contributed by atoms with Crippen LogP contribution in [-0.4, -0.2) is 52.0 Å². The third kappa shape index (κ3) is 12.6. The van der Waals surface area contributed by atoms with E-state index < -0.39 is 33.9 Å². The van der Waals surface area contributed by atoms with Crippen LogP contribution in [0.4, 0.5) is 0 Å². The minimum Gasteiger partial charge on any atom is -0.497 e. The molecule has 6 rings (SSSR count). The van der Waals surface area contributed by atoms with Crippen molar-refractivity contribution in [3.05, 3.63) is 148 Å². The fraction of sp³-hybridized carbons (Fsp3) is 0.333. The van der Waals surface area contributed by atoms with Gasteiger partial charge in [0.25, 0.3) is 0 Å². The van der Waals surface area contributed by atoms with Crippen LogP contribution in [0, 0.1) is 10.8 Å². The highest BCUT2D eigenvalue weighted by molar-refractivity contribution is 7.09. The van der Waals surface area contributed by atoms with Crippen molar-refractivity contribution in [2.45, 2.75) is 73.3 Å². The molecular formula is C48H52N2O12S2. The molecule has 64 heavy (non-hydrogen) atoms. The average Bonchev–Trinajstić information content (AvgIpc) is 3.72. The van der Waals surface area contributed by atoms with Gasteiger partial charge in [-0.05, 0) is 112 Å². The second kappa shape index (κ2) is 20.3. The van der Waals surface area contributed by atoms with Crippen molar-refractivity contribution in [1.82, 2.24) is 9.55 Å². The Bertz CT molecular complexity index is 2650. The van der Waals surface area contributed by atoms with Crippen LogP contribution in [0.5, 0.6) is 34.8 Å². The fourth-order valence-electron chi connectivity index (χ4n) is 6.06. The van der Waals surface area contributed by atoms with Crippen molar-refractivity contribution in [1.29, 1.82) is 0 Å². The van der Waals surface area contributed by atoms with Crippen molar-refractivity contribution >= 4 is 34.6 Å². The predicted molar refractivity (Wildman–Crippen MR) is 243 cm³/mol. The van der Waals surface area contributed by atoms with E-state index in [1.54, 1.807) is 103 Å². The average molecular weight is 913 g/mol. The lowest BCUT2D eigenvalue weighted by Crippen LogP contribution is -2.27. The monoisotopic (exact) mass is 912 g/mol. The number of hydrogen-bond donors (Lipinski definition) is 3. The highest BCUT2D eigenvalue weighted by Crippen LogP contribution is 2.31. The van der Waals surface area contributed by atoms with E-state index in [0.717, 1.165) is 43.9 Å². The van der Waals surface area contributed by atoms with Gasteiger partial charge in [-0.15, -0.1) is 0 Å². The van der Waals surface area contributed by atoms with E-state index >= 15 is 0 Å². The number of esters is 2. The minimum atomic E-state index is -0.829. The molecule has 0 aliphatic rings. The van der Waals surface area contributed by atoms with Gasteiger partial charge in [-0.2, -0.15) is 0 Å². The molecule has 4 aromatic carbocycles. The number of hydrogen-bond acceptors (Lipinski definition) is 14. The zero-order valence-electron chi connectivity index (χ0n) is 36.7. The lowest BCUT2D eigenvalue weighted by molar-refractivity contribution is -0.161. The summed E-state index contributed by atoms with van der Waals surface area (Å²) in [5.74, 6) is 0.885. The van der Waals surface area contributed by atoms with E-state index in [1.165, 1.54) is 0 Å². The van der Waals surface area contributed by atoms with E-state index in [4.69, 9.17) is 28.4 Å². The first-order valence-corrected chi connectivity index (χ1v) is 22.0. The van der Waals surface area contributed by atoms with Crippen molar-refractivity contribution in [3.8, 4) is 34.8 Å². The van der Waals surface area contributed by atoms with Crippen molar-refractivity contribution in [2.24, 2.45) is 10.8 Å². The van der Waals surface area contributed by atoms with Crippen molar-refractivity contribution in [2.75, 3.05) is 20.3 Å². The molecule has 0 saturated heterocycles. The van der Waals surface area contributed by atoms with Crippen LogP contribution >= 0.6 is 22.7 Å². The van der Waals surface area contributed by atoms with Gasteiger partial charge in [0.2, 0.25) is 11.8 Å². The number of H-pyrrole nitrogens is 1. The number of ether oxygens (including phenoxy) is 6. The second-order valence-electron chi connectivity index (χ2n) is 17.0. The molecule has 14 nitrogen and oxygen atoms in total. The molecule has 0 aliphatic heterocycles. The van der Waals surface area contributed by atoms with E-state index in [9.17, 15) is 29.4 Å². The normalized spacial score (nSPS) is 12.5. The molecule has 6 aromatic rings. The number of rotatable bonds is 18. The molecule has 2 heterocycles. The second-order valence-corrected chi connectivity index (χ2v) is 19.1. The van der Waals surface area contributed by atoms with Crippen LogP contribution in [0.15, 0.2) is 107 Å². The quantitative estimate of drug-likeness (QED) is 0.0698. The number of benzene rings is 4. The molecule has 0 radical (unpaired) electrons. The highest BCUT2D eigenvalue weighted by atomic mass is 32.1. The number of aromatic nitrogens is 2. The number of nitrogens with one attached hydrogen (secondary N) is 1. The highest BCUT2D eigenvalue weighted by Gasteiger charge is 2.29. The molecule has 2 unspecified atom stereocenters. The molecule has 0 spiro atoms. The molecule has 0 amide bonds. The molecule has 0 fully saturated rings. The van der Waals surface area contributed by atoms with Crippen LogP contribution in [0.2, 0.25) is 0 Å². The number of nitrogens with zero attached hydrogens (tertiary/aromatic N) is 1. The molecular weight excluding hydrogens is 861 g/mol. The largest absolute Gasteiger partial charge is 0.497 e. The van der Waals surface area contributed by atoms with Gasteiger partial charge in [0, 0.05) is 12.8 Å². The number of carbonyl (C=O) groups is 2. The van der Waals surface area contributed by atoms with E-state index in [-0.39, 0.29) is 49.0 Å². The van der Waals surface area contributed by atoms with Crippen molar-refractivity contribution < 1.29 is 48.2 Å². The zero-order valence-corrected chi connectivity index (χ0v) is 38.3. The third-order valence-corrected chi connectivity index (χ3v) is 11.6. The van der Waals surface area contributed by atoms with Crippen LogP contribution in [0.25, 0.3) is 0 Å². The summed E-state index contributed by atoms with van der Waals surface area (Å²) < 4.78 is 36.4. The lowest BCUT2D eigenvalue weighted by Gasteiger charge is -2.24. The molecule has 0 bridgehead atoms. The van der Waals surface area contributed by atoms with E-state index in [0.29, 0.717) is 44.7 Å². The van der Waals surface area contributed by atoms with Gasteiger partial charge >= 0.3 is 21.7 Å². The Morgan fingerprint density at radius 1 is 0.641 bits per heavy atom. The summed E-state index contributed by atoms with van der Waals surface area (Å²) in [7, 11) is 1.57. The maximum absolute atomic E-state index is 13.1. The zero-order chi connectivity index (χ0) is 46.2. The molecule has 0 saturated carbocycles. The summed E-state index contributed by atoms with van der Waals surface area (Å²) >= 11 is 1.86. The number of aromatic amines is 1. The Morgan fingerprint density at radius 3 is 1.59 bits per heavy atom. The maximum atomic E-state index is 13.1. The number of thiazole rings is 2. The summed E-state index contributed by atoms with van der Waals surface area (Å²) in [6, 6.07) is 28.5. The smallest absolute Gasteiger partial charge is 0.313 e. The molecule has 338 valence electrons. The molecule has 3 N–H and O–H groups in total. The Labute approximate surface area is 378 Å². The summed E-state index contributed by atoms with van der Waals surface area (Å²) in [6.45, 7) is 10.4. The lowest BCUT2D eigenvalue weighted by atomic mass is 9.97. The SMILES string of the molecule is COc1cccc(C(COc2ccc(Cc3sc(=O)n(COc4cccc(C(COc5ccc(Cc6sc(=O)[nH]c6O)cc5)OC(=O)C(C)(C)C)c4)c3O)cc2)OC(=O)C(C)(C)C)c1. The van der Waals surface area contributed by atoms with Crippen LogP contribution < -0.4 is 28.7 Å². The Morgan fingerprint density at radius 2 is 1.12 bits per heavy atom. The summed E-state index contributed by atoms with van der Waals surface area (Å²) in [6.07, 6.45) is -0.881. The first kappa shape index (κ1) is 47.0. The van der Waals surface area contributed by atoms with Crippen LogP contribution in [-0.2, 0) is 38.6 Å². The first-order valence-electron chi connectivity index (χ1n) is 20.4. The molecule has 0 aliphatic carbocycles. The van der Waals surface area contributed by atoms with Crippen LogP contribution in [0.3, 0.4) is 0 Å². The van der Waals surface area contributed by atoms with Gasteiger partial charge < -0.3 is 38.6 Å². The fourth-order valence-corrected chi connectivity index (χ4v) is 7.72. The standard InChI is InChI=1S/C48H52N2O12S2/c1-47(2,3)43(53)61-37(31-10-8-12-35(24-31)57-7)26-58-34-20-16-30(17-21-34)23-40-42(52)50(46(56)64-40)28-60-36-13-9-11-32(25-36)38(62-44(54)48(4,5)6)27-59-33-18-14-29(15-19-33)22-39-41(51)49-45(55)63-39/h8-21,24-25,37-38,51-52H,22-23,26-28H2,1-7H3,(H,49,55). The molecule has 16 heteroatoms. The Balaban J connectivity index is 1.08. The van der Waals surface area contributed by atoms with E-state index in [2.05, 4.69) is 4.98 Å². The van der Waals surface area contributed by atoms with Gasteiger partial charge in [-0.25, -0.2) is 4.57 Å². The molecule has 2 atom stereocenters. The number of methoxy groups -OCH3 is 1. The van der Waals surface area contributed by atoms with Gasteiger partial charge in [0.15, 0.2) is 18.9 Å². The van der Waals surface area contributed by atoms with E-state index in [1.807, 2.05) is 42.5 Å². The number of carbonyl (C=O) groups excluding carboxylic acids is 2. The minimum absolute atomic E-state index is 0.0250. The van der Waals surface area contributed by atoms with Crippen LogP contribution in [0.1, 0.15) is 85.8 Å². The Hall–Kier alpha value is -6.52. The summed E-state index contributed by atoms with van der Waals surface area (Å²) in [4.78, 5) is 53.2. The maximum Gasteiger partial charge on any atom is 0.313 e. The van der Waals surface area contributed by atoms with Crippen molar-refractivity contribution in [3.63, 3.8) is 0 Å². The van der Waals surface area contributed by atoms with Gasteiger partial charge in [-0.1, -0.05) is 71.2 Å².